The van der Waals surface area contributed by atoms with Crippen LogP contribution in [-0.2, 0) is 4.74 Å². The van der Waals surface area contributed by atoms with E-state index < -0.39 is 42.5 Å². The zero-order valence-corrected chi connectivity index (χ0v) is 9.80. The molecule has 2 heterocycles. The predicted molar refractivity (Wildman–Crippen MR) is 62.5 cm³/mol. The van der Waals surface area contributed by atoms with Gasteiger partial charge < -0.3 is 25.8 Å². The van der Waals surface area contributed by atoms with Gasteiger partial charge in [-0.05, 0) is 0 Å². The van der Waals surface area contributed by atoms with Crippen molar-refractivity contribution >= 4 is 5.84 Å². The van der Waals surface area contributed by atoms with Crippen molar-refractivity contribution in [3.05, 3.63) is 28.4 Å². The molecule has 104 valence electrons. The average Bonchev–Trinajstić information content (AvgIpc) is 2.66. The summed E-state index contributed by atoms with van der Waals surface area (Å²) in [4.78, 5) is 15.7. The molecule has 1 aliphatic heterocycles. The molecule has 1 aromatic rings. The molecule has 1 aromatic heterocycles. The molecule has 0 bridgehead atoms. The Hall–Kier alpha value is -1.81. The SMILES string of the molecule is N=C(N)c1nccn([C@@H]2OC(CO)C(O)[C@H]2O)c1=O. The summed E-state index contributed by atoms with van der Waals surface area (Å²) in [7, 11) is 0. The Morgan fingerprint density at radius 1 is 1.53 bits per heavy atom. The van der Waals surface area contributed by atoms with E-state index in [4.69, 9.17) is 21.0 Å². The molecule has 0 amide bonds. The van der Waals surface area contributed by atoms with Crippen molar-refractivity contribution in [3.8, 4) is 0 Å². The number of hydrogen-bond acceptors (Lipinski definition) is 7. The van der Waals surface area contributed by atoms with Gasteiger partial charge in [0, 0.05) is 12.4 Å². The van der Waals surface area contributed by atoms with Crippen molar-refractivity contribution in [2.75, 3.05) is 6.61 Å². The van der Waals surface area contributed by atoms with Crippen LogP contribution in [0.1, 0.15) is 11.9 Å². The maximum Gasteiger partial charge on any atom is 0.282 e. The standard InChI is InChI=1S/C10H14N4O5/c11-8(12)5-9(18)14(2-1-13-5)10-7(17)6(16)4(3-15)19-10/h1-2,4,6-7,10,15-17H,3H2,(H3,11,12)/t4?,6?,7-,10-/m1/s1. The number of nitrogens with one attached hydrogen (secondary N) is 1. The Morgan fingerprint density at radius 3 is 2.74 bits per heavy atom. The summed E-state index contributed by atoms with van der Waals surface area (Å²) in [5, 5.41) is 35.6. The molecular weight excluding hydrogens is 256 g/mol. The number of rotatable bonds is 3. The molecule has 0 radical (unpaired) electrons. The topological polar surface area (TPSA) is 155 Å². The highest BCUT2D eigenvalue weighted by Crippen LogP contribution is 2.27. The van der Waals surface area contributed by atoms with Crippen LogP contribution in [0.5, 0.6) is 0 Å². The lowest BCUT2D eigenvalue weighted by molar-refractivity contribution is -0.0545. The normalized spacial score (nSPS) is 30.5. The van der Waals surface area contributed by atoms with Crippen LogP contribution in [-0.4, -0.2) is 55.6 Å². The van der Waals surface area contributed by atoms with Crippen LogP contribution >= 0.6 is 0 Å². The maximum atomic E-state index is 12.0. The first kappa shape index (κ1) is 13.6. The van der Waals surface area contributed by atoms with E-state index in [0.717, 1.165) is 4.57 Å². The van der Waals surface area contributed by atoms with E-state index in [1.807, 2.05) is 0 Å². The van der Waals surface area contributed by atoms with Crippen molar-refractivity contribution in [2.24, 2.45) is 5.73 Å². The van der Waals surface area contributed by atoms with Gasteiger partial charge >= 0.3 is 0 Å². The lowest BCUT2D eigenvalue weighted by Crippen LogP contribution is -2.38. The van der Waals surface area contributed by atoms with Gasteiger partial charge in [-0.2, -0.15) is 0 Å². The van der Waals surface area contributed by atoms with Gasteiger partial charge in [0.15, 0.2) is 11.9 Å². The van der Waals surface area contributed by atoms with Gasteiger partial charge in [0.1, 0.15) is 24.1 Å². The second-order valence-corrected chi connectivity index (χ2v) is 4.13. The quantitative estimate of drug-likeness (QED) is 0.292. The van der Waals surface area contributed by atoms with Gasteiger partial charge in [0.05, 0.1) is 6.61 Å². The molecule has 4 atom stereocenters. The molecular formula is C10H14N4O5. The maximum absolute atomic E-state index is 12.0. The van der Waals surface area contributed by atoms with E-state index in [2.05, 4.69) is 4.98 Å². The Balaban J connectivity index is 2.41. The summed E-state index contributed by atoms with van der Waals surface area (Å²) in [6, 6.07) is 0. The Labute approximate surface area is 107 Å². The molecule has 2 rings (SSSR count). The third kappa shape index (κ3) is 2.24. The predicted octanol–water partition coefficient (Wildman–Crippen LogP) is -2.86. The first-order valence-electron chi connectivity index (χ1n) is 5.51. The van der Waals surface area contributed by atoms with Crippen LogP contribution < -0.4 is 11.3 Å². The average molecular weight is 270 g/mol. The number of nitrogens with two attached hydrogens (primary N) is 1. The lowest BCUT2D eigenvalue weighted by Gasteiger charge is -2.17. The number of aliphatic hydroxyl groups is 3. The summed E-state index contributed by atoms with van der Waals surface area (Å²) < 4.78 is 6.19. The minimum absolute atomic E-state index is 0.278. The Morgan fingerprint density at radius 2 is 2.21 bits per heavy atom. The van der Waals surface area contributed by atoms with Gasteiger partial charge in [0.2, 0.25) is 0 Å². The van der Waals surface area contributed by atoms with Crippen LogP contribution in [0.4, 0.5) is 0 Å². The summed E-state index contributed by atoms with van der Waals surface area (Å²) >= 11 is 0. The van der Waals surface area contributed by atoms with Gasteiger partial charge in [-0.15, -0.1) is 0 Å². The lowest BCUT2D eigenvalue weighted by atomic mass is 10.1. The molecule has 1 fully saturated rings. The molecule has 1 saturated heterocycles. The van der Waals surface area contributed by atoms with E-state index in [0.29, 0.717) is 0 Å². The summed E-state index contributed by atoms with van der Waals surface area (Å²) in [5.74, 6) is -0.508. The zero-order chi connectivity index (χ0) is 14.2. The second kappa shape index (κ2) is 5.05. The highest BCUT2D eigenvalue weighted by Gasteiger charge is 2.43. The molecule has 6 N–H and O–H groups in total. The minimum atomic E-state index is -1.38. The molecule has 0 spiro atoms. The molecule has 1 aliphatic rings. The fourth-order valence-corrected chi connectivity index (χ4v) is 1.92. The van der Waals surface area contributed by atoms with Crippen molar-refractivity contribution in [3.63, 3.8) is 0 Å². The van der Waals surface area contributed by atoms with E-state index in [1.54, 1.807) is 0 Å². The van der Waals surface area contributed by atoms with Gasteiger partial charge in [-0.25, -0.2) is 4.98 Å². The van der Waals surface area contributed by atoms with Crippen molar-refractivity contribution < 1.29 is 20.1 Å². The molecule has 2 unspecified atom stereocenters. The van der Waals surface area contributed by atoms with Crippen molar-refractivity contribution in [1.29, 1.82) is 5.41 Å². The van der Waals surface area contributed by atoms with Gasteiger partial charge in [0.25, 0.3) is 5.56 Å². The first-order chi connectivity index (χ1) is 8.97. The summed E-state index contributed by atoms with van der Waals surface area (Å²) in [5.41, 5.74) is 4.22. The third-order valence-corrected chi connectivity index (χ3v) is 2.91. The fraction of sp³-hybridized carbons (Fsp3) is 0.500. The number of aromatic nitrogens is 2. The van der Waals surface area contributed by atoms with Crippen LogP contribution in [0.3, 0.4) is 0 Å². The van der Waals surface area contributed by atoms with Gasteiger partial charge in [-0.1, -0.05) is 0 Å². The Kier molecular flexibility index (Phi) is 3.62. The van der Waals surface area contributed by atoms with Crippen LogP contribution in [0, 0.1) is 5.41 Å². The van der Waals surface area contributed by atoms with E-state index in [-0.39, 0.29) is 5.69 Å². The van der Waals surface area contributed by atoms with Crippen LogP contribution in [0.2, 0.25) is 0 Å². The summed E-state index contributed by atoms with van der Waals surface area (Å²) in [6.07, 6.45) is -2.36. The van der Waals surface area contributed by atoms with Gasteiger partial charge in [-0.3, -0.25) is 14.8 Å². The molecule has 0 saturated carbocycles. The molecule has 9 nitrogen and oxygen atoms in total. The molecule has 0 aromatic carbocycles. The van der Waals surface area contributed by atoms with E-state index >= 15 is 0 Å². The second-order valence-electron chi connectivity index (χ2n) is 4.13. The third-order valence-electron chi connectivity index (χ3n) is 2.91. The van der Waals surface area contributed by atoms with Crippen molar-refractivity contribution in [2.45, 2.75) is 24.5 Å². The smallest absolute Gasteiger partial charge is 0.282 e. The highest BCUT2D eigenvalue weighted by molar-refractivity contribution is 5.92. The Bertz CT molecular complexity index is 545. The van der Waals surface area contributed by atoms with Crippen LogP contribution in [0.15, 0.2) is 17.2 Å². The largest absolute Gasteiger partial charge is 0.394 e. The van der Waals surface area contributed by atoms with E-state index in [9.17, 15) is 15.0 Å². The highest BCUT2D eigenvalue weighted by atomic mass is 16.6. The number of amidine groups is 1. The fourth-order valence-electron chi connectivity index (χ4n) is 1.92. The first-order valence-corrected chi connectivity index (χ1v) is 5.51. The molecule has 9 heteroatoms. The zero-order valence-electron chi connectivity index (χ0n) is 9.80. The number of hydrogen-bond donors (Lipinski definition) is 5. The number of ether oxygens (including phenoxy) is 1. The molecule has 19 heavy (non-hydrogen) atoms. The van der Waals surface area contributed by atoms with Crippen LogP contribution in [0.25, 0.3) is 0 Å². The summed E-state index contributed by atoms with van der Waals surface area (Å²) in [6.45, 7) is -0.492. The molecule has 0 aliphatic carbocycles. The number of aliphatic hydroxyl groups excluding tert-OH is 3. The number of nitrogen functional groups attached to an aromatic ring is 1. The number of nitrogens with zero attached hydrogens (tertiary/aromatic N) is 2. The van der Waals surface area contributed by atoms with Crippen molar-refractivity contribution in [1.82, 2.24) is 9.55 Å². The van der Waals surface area contributed by atoms with E-state index in [1.165, 1.54) is 12.4 Å². The monoisotopic (exact) mass is 270 g/mol. The minimum Gasteiger partial charge on any atom is -0.394 e.